The van der Waals surface area contributed by atoms with Gasteiger partial charge >= 0.3 is 0 Å². The number of piperidine rings is 1. The molecular weight excluding hydrogens is 356 g/mol. The third kappa shape index (κ3) is 4.06. The number of likely N-dealkylation sites (tertiary alicyclic amines) is 1. The Morgan fingerprint density at radius 1 is 1.39 bits per heavy atom. The summed E-state index contributed by atoms with van der Waals surface area (Å²) in [6, 6.07) is 4.10. The number of rotatable bonds is 3. The van der Waals surface area contributed by atoms with E-state index in [2.05, 4.69) is 36.5 Å². The Bertz CT molecular complexity index is 733. The zero-order valence-corrected chi connectivity index (χ0v) is 16.6. The van der Waals surface area contributed by atoms with Crippen molar-refractivity contribution in [2.75, 3.05) is 57.9 Å². The molecule has 8 nitrogen and oxygen atoms in total. The third-order valence-electron chi connectivity index (χ3n) is 5.98. The lowest BCUT2D eigenvalue weighted by Crippen LogP contribution is -2.51. The molecule has 4 heterocycles. The highest BCUT2D eigenvalue weighted by Gasteiger charge is 2.42. The molecule has 1 aromatic heterocycles. The number of guanidine groups is 1. The van der Waals surface area contributed by atoms with E-state index >= 15 is 0 Å². The number of hydrogen-bond donors (Lipinski definition) is 2. The van der Waals surface area contributed by atoms with Crippen molar-refractivity contribution in [1.29, 1.82) is 0 Å². The van der Waals surface area contributed by atoms with E-state index in [4.69, 9.17) is 4.74 Å². The molecule has 28 heavy (non-hydrogen) atoms. The molecule has 1 unspecified atom stereocenters. The number of pyridine rings is 1. The van der Waals surface area contributed by atoms with Gasteiger partial charge < -0.3 is 25.2 Å². The molecule has 4 rings (SSSR count). The normalized spacial score (nSPS) is 25.9. The van der Waals surface area contributed by atoms with E-state index in [1.54, 1.807) is 0 Å². The number of nitrogens with zero attached hydrogens (tertiary/aromatic N) is 4. The Hall–Kier alpha value is -2.35. The molecule has 3 aliphatic rings. The van der Waals surface area contributed by atoms with Crippen LogP contribution in [0, 0.1) is 5.41 Å². The van der Waals surface area contributed by atoms with E-state index in [0.29, 0.717) is 13.0 Å². The fourth-order valence-electron chi connectivity index (χ4n) is 4.56. The van der Waals surface area contributed by atoms with Gasteiger partial charge in [0.05, 0.1) is 13.2 Å². The van der Waals surface area contributed by atoms with E-state index in [9.17, 15) is 4.79 Å². The van der Waals surface area contributed by atoms with Gasteiger partial charge in [0, 0.05) is 69.9 Å². The predicted octanol–water partition coefficient (Wildman–Crippen LogP) is 0.596. The van der Waals surface area contributed by atoms with Gasteiger partial charge in [-0.25, -0.2) is 4.98 Å². The molecule has 2 N–H and O–H groups in total. The van der Waals surface area contributed by atoms with Gasteiger partial charge in [-0.3, -0.25) is 9.79 Å². The van der Waals surface area contributed by atoms with Gasteiger partial charge in [-0.15, -0.1) is 0 Å². The predicted molar refractivity (Wildman–Crippen MR) is 108 cm³/mol. The van der Waals surface area contributed by atoms with Crippen molar-refractivity contribution in [3.05, 3.63) is 23.9 Å². The number of aliphatic imine (C=N–C) groups is 1. The Morgan fingerprint density at radius 3 is 3.00 bits per heavy atom. The maximum absolute atomic E-state index is 11.8. The lowest BCUT2D eigenvalue weighted by molar-refractivity contribution is -0.119. The minimum absolute atomic E-state index is 0.0558. The Balaban J connectivity index is 1.42. The molecule has 1 amide bonds. The van der Waals surface area contributed by atoms with Gasteiger partial charge in [-0.05, 0) is 18.9 Å². The number of amides is 1. The van der Waals surface area contributed by atoms with E-state index in [-0.39, 0.29) is 11.3 Å². The number of aromatic nitrogens is 1. The van der Waals surface area contributed by atoms with Crippen LogP contribution >= 0.6 is 0 Å². The van der Waals surface area contributed by atoms with Gasteiger partial charge in [0.25, 0.3) is 0 Å². The van der Waals surface area contributed by atoms with Crippen LogP contribution < -0.4 is 15.5 Å². The Morgan fingerprint density at radius 2 is 2.25 bits per heavy atom. The molecular formula is C20H30N6O2. The minimum Gasteiger partial charge on any atom is -0.378 e. The van der Waals surface area contributed by atoms with Crippen LogP contribution in [0.25, 0.3) is 0 Å². The summed E-state index contributed by atoms with van der Waals surface area (Å²) in [5.74, 6) is 2.10. The van der Waals surface area contributed by atoms with Crippen LogP contribution in [-0.4, -0.2) is 74.7 Å². The van der Waals surface area contributed by atoms with Crippen LogP contribution in [0.15, 0.2) is 23.3 Å². The lowest BCUT2D eigenvalue weighted by Gasteiger charge is -2.40. The van der Waals surface area contributed by atoms with Gasteiger partial charge in [0.2, 0.25) is 5.91 Å². The molecule has 0 radical (unpaired) electrons. The number of morpholine rings is 1. The van der Waals surface area contributed by atoms with Gasteiger partial charge in [-0.1, -0.05) is 6.07 Å². The second-order valence-corrected chi connectivity index (χ2v) is 7.96. The van der Waals surface area contributed by atoms with Crippen LogP contribution in [0.4, 0.5) is 5.82 Å². The first-order chi connectivity index (χ1) is 13.7. The van der Waals surface area contributed by atoms with Crippen molar-refractivity contribution >= 4 is 17.7 Å². The molecule has 3 fully saturated rings. The molecule has 1 aromatic rings. The monoisotopic (exact) mass is 386 g/mol. The van der Waals surface area contributed by atoms with E-state index in [1.807, 2.05) is 19.3 Å². The standard InChI is InChI=1S/C20H30N6O2/c1-21-19(26-7-3-5-20(15-26)12-17(27)24-14-20)23-13-16-4-2-6-22-18(16)25-8-10-28-11-9-25/h2,4,6H,3,5,7-15H2,1H3,(H,21,23)(H,24,27). The minimum atomic E-state index is 0.0558. The summed E-state index contributed by atoms with van der Waals surface area (Å²) in [6.45, 7) is 6.52. The second-order valence-electron chi connectivity index (χ2n) is 7.96. The topological polar surface area (TPSA) is 82.1 Å². The average molecular weight is 387 g/mol. The van der Waals surface area contributed by atoms with Crippen LogP contribution in [0.1, 0.15) is 24.8 Å². The fraction of sp³-hybridized carbons (Fsp3) is 0.650. The number of hydrogen-bond acceptors (Lipinski definition) is 5. The summed E-state index contributed by atoms with van der Waals surface area (Å²) in [4.78, 5) is 25.5. The summed E-state index contributed by atoms with van der Waals surface area (Å²) in [7, 11) is 1.83. The largest absolute Gasteiger partial charge is 0.378 e. The van der Waals surface area contributed by atoms with Gasteiger partial charge in [-0.2, -0.15) is 0 Å². The highest BCUT2D eigenvalue weighted by Crippen LogP contribution is 2.36. The Kier molecular flexibility index (Phi) is 5.66. The summed E-state index contributed by atoms with van der Waals surface area (Å²) >= 11 is 0. The smallest absolute Gasteiger partial charge is 0.220 e. The first-order valence-electron chi connectivity index (χ1n) is 10.2. The molecule has 152 valence electrons. The average Bonchev–Trinajstić information content (AvgIpc) is 3.09. The van der Waals surface area contributed by atoms with Gasteiger partial charge in [0.15, 0.2) is 5.96 Å². The number of ether oxygens (including phenoxy) is 1. The van der Waals surface area contributed by atoms with E-state index in [0.717, 1.165) is 76.1 Å². The van der Waals surface area contributed by atoms with Crippen LogP contribution in [-0.2, 0) is 16.1 Å². The van der Waals surface area contributed by atoms with Crippen molar-refractivity contribution in [3.8, 4) is 0 Å². The zero-order valence-electron chi connectivity index (χ0n) is 16.6. The molecule has 1 atom stereocenters. The summed E-state index contributed by atoms with van der Waals surface area (Å²) in [5, 5.41) is 6.53. The summed E-state index contributed by atoms with van der Waals surface area (Å²) in [6.07, 6.45) is 4.66. The molecule has 0 aliphatic carbocycles. The van der Waals surface area contributed by atoms with Crippen molar-refractivity contribution in [2.45, 2.75) is 25.8 Å². The van der Waals surface area contributed by atoms with Crippen LogP contribution in [0.2, 0.25) is 0 Å². The second kappa shape index (κ2) is 8.34. The fourth-order valence-corrected chi connectivity index (χ4v) is 4.56. The first-order valence-corrected chi connectivity index (χ1v) is 10.2. The molecule has 0 aromatic carbocycles. The molecule has 0 bridgehead atoms. The molecule has 0 saturated carbocycles. The number of carbonyl (C=O) groups is 1. The summed E-state index contributed by atoms with van der Waals surface area (Å²) in [5.41, 5.74) is 1.22. The van der Waals surface area contributed by atoms with Crippen LogP contribution in [0.3, 0.4) is 0 Å². The Labute approximate surface area is 166 Å². The summed E-state index contributed by atoms with van der Waals surface area (Å²) < 4.78 is 5.47. The number of anilines is 1. The maximum Gasteiger partial charge on any atom is 0.220 e. The maximum atomic E-state index is 11.8. The first kappa shape index (κ1) is 19.0. The van der Waals surface area contributed by atoms with Crippen molar-refractivity contribution in [1.82, 2.24) is 20.5 Å². The zero-order chi connectivity index (χ0) is 19.4. The molecule has 8 heteroatoms. The van der Waals surface area contributed by atoms with E-state index in [1.165, 1.54) is 0 Å². The lowest BCUT2D eigenvalue weighted by atomic mass is 9.79. The van der Waals surface area contributed by atoms with Crippen molar-refractivity contribution in [2.24, 2.45) is 10.4 Å². The molecule has 1 spiro atoms. The SMILES string of the molecule is CN=C(NCc1cccnc1N1CCOCC1)N1CCCC2(CNC(=O)C2)C1. The highest BCUT2D eigenvalue weighted by atomic mass is 16.5. The highest BCUT2D eigenvalue weighted by molar-refractivity contribution is 5.81. The molecule has 3 aliphatic heterocycles. The van der Waals surface area contributed by atoms with Gasteiger partial charge in [0.1, 0.15) is 5.82 Å². The quantitative estimate of drug-likeness (QED) is 0.585. The number of nitrogens with one attached hydrogen (secondary N) is 2. The van der Waals surface area contributed by atoms with Crippen molar-refractivity contribution < 1.29 is 9.53 Å². The number of carbonyl (C=O) groups excluding carboxylic acids is 1. The third-order valence-corrected chi connectivity index (χ3v) is 5.98. The van der Waals surface area contributed by atoms with E-state index < -0.39 is 0 Å². The molecule has 3 saturated heterocycles. The van der Waals surface area contributed by atoms with Crippen molar-refractivity contribution in [3.63, 3.8) is 0 Å². The van der Waals surface area contributed by atoms with Crippen LogP contribution in [0.5, 0.6) is 0 Å².